The molecule has 168 valence electrons. The molecule has 0 aliphatic rings. The normalized spacial score (nSPS) is 11.3. The number of halogens is 6. The summed E-state index contributed by atoms with van der Waals surface area (Å²) in [6, 6.07) is 16.6. The highest BCUT2D eigenvalue weighted by Gasteiger charge is 2.30. The summed E-state index contributed by atoms with van der Waals surface area (Å²) in [5.41, 5.74) is 1.24. The number of urea groups is 1. The summed E-state index contributed by atoms with van der Waals surface area (Å²) in [7, 11) is 0. The quantitative estimate of drug-likeness (QED) is 0.334. The average molecular weight is 546 g/mol. The molecule has 32 heavy (non-hydrogen) atoms. The molecule has 0 saturated carbocycles. The Balaban J connectivity index is 1.78. The van der Waals surface area contributed by atoms with Gasteiger partial charge in [-0.1, -0.05) is 63.4 Å². The van der Waals surface area contributed by atoms with Crippen molar-refractivity contribution >= 4 is 50.9 Å². The van der Waals surface area contributed by atoms with Gasteiger partial charge in [0.2, 0.25) is 0 Å². The minimum atomic E-state index is -4.42. The van der Waals surface area contributed by atoms with E-state index in [1.807, 2.05) is 6.07 Å². The molecule has 2 amide bonds. The number of carbonyl (C=O) groups is 1. The second-order valence-electron chi connectivity index (χ2n) is 7.04. The van der Waals surface area contributed by atoms with Crippen molar-refractivity contribution < 1.29 is 18.0 Å². The molecule has 3 aromatic rings. The summed E-state index contributed by atoms with van der Waals surface area (Å²) in [6.45, 7) is 0.422. The number of rotatable bonds is 6. The molecule has 0 aliphatic carbocycles. The Morgan fingerprint density at radius 2 is 1.72 bits per heavy atom. The number of carbonyl (C=O) groups excluding carboxylic acids is 1. The van der Waals surface area contributed by atoms with E-state index >= 15 is 0 Å². The molecular weight excluding hydrogens is 528 g/mol. The summed E-state index contributed by atoms with van der Waals surface area (Å²) in [5.74, 6) is 0. The Morgan fingerprint density at radius 1 is 1.00 bits per heavy atom. The SMILES string of the molecule is O=C(Nc1cccc(Br)c1)N(CCc1ccc(Cl)cc1Cl)Cc1ccc(C(F)(F)F)cc1. The molecule has 0 aromatic heterocycles. The van der Waals surface area contributed by atoms with Crippen LogP contribution < -0.4 is 5.32 Å². The number of hydrogen-bond acceptors (Lipinski definition) is 1. The number of anilines is 1. The summed E-state index contributed by atoms with van der Waals surface area (Å²) in [6.07, 6.45) is -3.97. The number of alkyl halides is 3. The van der Waals surface area contributed by atoms with Crippen LogP contribution in [-0.2, 0) is 19.1 Å². The number of amides is 2. The Bertz CT molecular complexity index is 1090. The Labute approximate surface area is 202 Å². The van der Waals surface area contributed by atoms with E-state index in [1.165, 1.54) is 17.0 Å². The van der Waals surface area contributed by atoms with Gasteiger partial charge in [0.1, 0.15) is 0 Å². The fourth-order valence-electron chi connectivity index (χ4n) is 3.02. The molecule has 0 fully saturated rings. The smallest absolute Gasteiger partial charge is 0.320 e. The summed E-state index contributed by atoms with van der Waals surface area (Å²) in [4.78, 5) is 14.5. The lowest BCUT2D eigenvalue weighted by molar-refractivity contribution is -0.137. The van der Waals surface area contributed by atoms with E-state index in [9.17, 15) is 18.0 Å². The summed E-state index contributed by atoms with van der Waals surface area (Å²) < 4.78 is 39.4. The van der Waals surface area contributed by atoms with Gasteiger partial charge in [-0.25, -0.2) is 4.79 Å². The molecule has 1 N–H and O–H groups in total. The second kappa shape index (κ2) is 10.6. The van der Waals surface area contributed by atoms with Crippen LogP contribution in [0.2, 0.25) is 10.0 Å². The monoisotopic (exact) mass is 544 g/mol. The van der Waals surface area contributed by atoms with E-state index in [0.717, 1.165) is 22.2 Å². The van der Waals surface area contributed by atoms with Gasteiger partial charge in [0.25, 0.3) is 0 Å². The van der Waals surface area contributed by atoms with Gasteiger partial charge in [-0.3, -0.25) is 0 Å². The predicted molar refractivity (Wildman–Crippen MR) is 125 cm³/mol. The van der Waals surface area contributed by atoms with Crippen LogP contribution in [0.4, 0.5) is 23.7 Å². The van der Waals surface area contributed by atoms with Gasteiger partial charge in [-0.05, 0) is 60.0 Å². The zero-order chi connectivity index (χ0) is 23.3. The minimum Gasteiger partial charge on any atom is -0.320 e. The number of nitrogens with zero attached hydrogens (tertiary/aromatic N) is 1. The lowest BCUT2D eigenvalue weighted by Crippen LogP contribution is -2.36. The molecule has 9 heteroatoms. The van der Waals surface area contributed by atoms with E-state index in [0.29, 0.717) is 34.3 Å². The summed E-state index contributed by atoms with van der Waals surface area (Å²) >= 11 is 15.5. The first-order chi connectivity index (χ1) is 15.1. The fourth-order valence-corrected chi connectivity index (χ4v) is 3.92. The molecule has 0 unspecified atom stereocenters. The van der Waals surface area contributed by atoms with Crippen molar-refractivity contribution in [3.8, 4) is 0 Å². The van der Waals surface area contributed by atoms with Gasteiger partial charge < -0.3 is 10.2 Å². The first kappa shape index (κ1) is 24.4. The summed E-state index contributed by atoms with van der Waals surface area (Å²) in [5, 5.41) is 3.81. The zero-order valence-corrected chi connectivity index (χ0v) is 19.7. The number of hydrogen-bond donors (Lipinski definition) is 1. The molecule has 0 spiro atoms. The Kier molecular flexibility index (Phi) is 8.09. The van der Waals surface area contributed by atoms with Gasteiger partial charge in [-0.15, -0.1) is 0 Å². The van der Waals surface area contributed by atoms with Crippen molar-refractivity contribution in [2.24, 2.45) is 0 Å². The maximum atomic E-state index is 13.0. The van der Waals surface area contributed by atoms with Gasteiger partial charge >= 0.3 is 12.2 Å². The van der Waals surface area contributed by atoms with Crippen molar-refractivity contribution in [2.75, 3.05) is 11.9 Å². The van der Waals surface area contributed by atoms with Gasteiger partial charge in [0.15, 0.2) is 0 Å². The Hall–Kier alpha value is -2.22. The largest absolute Gasteiger partial charge is 0.416 e. The molecule has 0 atom stereocenters. The lowest BCUT2D eigenvalue weighted by atomic mass is 10.1. The molecule has 0 radical (unpaired) electrons. The lowest BCUT2D eigenvalue weighted by Gasteiger charge is -2.24. The Morgan fingerprint density at radius 3 is 2.34 bits per heavy atom. The molecule has 0 bridgehead atoms. The van der Waals surface area contributed by atoms with Crippen molar-refractivity contribution in [2.45, 2.75) is 19.1 Å². The maximum absolute atomic E-state index is 13.0. The van der Waals surface area contributed by atoms with E-state index in [-0.39, 0.29) is 12.6 Å². The third kappa shape index (κ3) is 6.89. The molecule has 3 aromatic carbocycles. The van der Waals surface area contributed by atoms with Crippen LogP contribution in [-0.4, -0.2) is 17.5 Å². The molecule has 3 rings (SSSR count). The molecular formula is C23H18BrCl2F3N2O. The third-order valence-corrected chi connectivity index (χ3v) is 5.76. The van der Waals surface area contributed by atoms with Crippen molar-refractivity contribution in [1.82, 2.24) is 4.90 Å². The predicted octanol–water partition coefficient (Wildman–Crippen LogP) is 8.05. The van der Waals surface area contributed by atoms with Crippen molar-refractivity contribution in [3.63, 3.8) is 0 Å². The van der Waals surface area contributed by atoms with Crippen LogP contribution >= 0.6 is 39.1 Å². The van der Waals surface area contributed by atoms with Crippen molar-refractivity contribution in [1.29, 1.82) is 0 Å². The minimum absolute atomic E-state index is 0.128. The average Bonchev–Trinajstić information content (AvgIpc) is 2.72. The highest BCUT2D eigenvalue weighted by molar-refractivity contribution is 9.10. The van der Waals surface area contributed by atoms with Crippen LogP contribution in [0.1, 0.15) is 16.7 Å². The zero-order valence-electron chi connectivity index (χ0n) is 16.6. The van der Waals surface area contributed by atoms with Crippen LogP contribution in [0.3, 0.4) is 0 Å². The fraction of sp³-hybridized carbons (Fsp3) is 0.174. The number of benzene rings is 3. The third-order valence-electron chi connectivity index (χ3n) is 4.68. The highest BCUT2D eigenvalue weighted by atomic mass is 79.9. The first-order valence-electron chi connectivity index (χ1n) is 9.53. The highest BCUT2D eigenvalue weighted by Crippen LogP contribution is 2.29. The van der Waals surface area contributed by atoms with Crippen molar-refractivity contribution in [3.05, 3.63) is 97.9 Å². The maximum Gasteiger partial charge on any atom is 0.416 e. The van der Waals surface area contributed by atoms with E-state index < -0.39 is 11.7 Å². The topological polar surface area (TPSA) is 32.3 Å². The molecule has 0 heterocycles. The van der Waals surface area contributed by atoms with E-state index in [4.69, 9.17) is 23.2 Å². The second-order valence-corrected chi connectivity index (χ2v) is 8.80. The van der Waals surface area contributed by atoms with Gasteiger partial charge in [0, 0.05) is 33.3 Å². The van der Waals surface area contributed by atoms with Gasteiger partial charge in [-0.2, -0.15) is 13.2 Å². The molecule has 0 saturated heterocycles. The van der Waals surface area contributed by atoms with Crippen LogP contribution in [0.5, 0.6) is 0 Å². The van der Waals surface area contributed by atoms with Crippen LogP contribution in [0.25, 0.3) is 0 Å². The number of nitrogens with one attached hydrogen (secondary N) is 1. The van der Waals surface area contributed by atoms with Gasteiger partial charge in [0.05, 0.1) is 5.56 Å². The molecule has 3 nitrogen and oxygen atoms in total. The van der Waals surface area contributed by atoms with E-state index in [2.05, 4.69) is 21.2 Å². The first-order valence-corrected chi connectivity index (χ1v) is 11.1. The standard InChI is InChI=1S/C23H18BrCl2F3N2O/c24-18-2-1-3-20(12-18)30-22(32)31(11-10-16-6-9-19(25)13-21(16)26)14-15-4-7-17(8-5-15)23(27,28)29/h1-9,12-13H,10-11,14H2,(H,30,32). The van der Waals surface area contributed by atoms with Crippen LogP contribution in [0.15, 0.2) is 71.2 Å². The van der Waals surface area contributed by atoms with E-state index in [1.54, 1.807) is 36.4 Å². The molecule has 0 aliphatic heterocycles. The van der Waals surface area contributed by atoms with Crippen LogP contribution in [0, 0.1) is 0 Å².